The number of aliphatic hydroxyl groups excluding tert-OH is 1. The molecule has 0 aliphatic rings. The molecule has 0 unspecified atom stereocenters. The molecule has 0 aliphatic carbocycles. The van der Waals surface area contributed by atoms with Gasteiger partial charge in [0.05, 0.1) is 12.0 Å². The highest BCUT2D eigenvalue weighted by atomic mass is 19.1. The third kappa shape index (κ3) is 4.54. The molecule has 0 amide bonds. The normalized spacial score (nSPS) is 10.1. The van der Waals surface area contributed by atoms with Crippen molar-refractivity contribution < 1.29 is 19.4 Å². The molecule has 1 rings (SSSR count). The number of hydrogen-bond donors (Lipinski definition) is 2. The molecule has 0 saturated carbocycles. The molecule has 0 heterocycles. The van der Waals surface area contributed by atoms with Crippen LogP contribution in [-0.4, -0.2) is 23.3 Å². The maximum absolute atomic E-state index is 14.3. The largest absolute Gasteiger partial charge is 0.481 e. The van der Waals surface area contributed by atoms with Gasteiger partial charge in [0.1, 0.15) is 11.9 Å². The van der Waals surface area contributed by atoms with Crippen molar-refractivity contribution in [3.63, 3.8) is 0 Å². The van der Waals surface area contributed by atoms with E-state index in [1.807, 2.05) is 19.9 Å². The summed E-state index contributed by atoms with van der Waals surface area (Å²) >= 11 is 0. The number of carbonyl (C=O) groups is 1. The molecule has 0 fully saturated rings. The number of rotatable bonds is 4. The quantitative estimate of drug-likeness (QED) is 0.894. The summed E-state index contributed by atoms with van der Waals surface area (Å²) in [7, 11) is 1.00. The van der Waals surface area contributed by atoms with E-state index in [2.05, 4.69) is 0 Å². The van der Waals surface area contributed by atoms with E-state index in [-0.39, 0.29) is 23.8 Å². The number of hydrogen-bond acceptors (Lipinski definition) is 3. The lowest BCUT2D eigenvalue weighted by molar-refractivity contribution is -0.136. The molecule has 0 aromatic heterocycles. The fourth-order valence-corrected chi connectivity index (χ4v) is 2.29. The SMILES string of the molecule is CC(C)c1cc(C#N)c(F)c(C(C)C)c1CC(=O)O.CO. The lowest BCUT2D eigenvalue weighted by atomic mass is 9.85. The molecule has 1 aromatic carbocycles. The minimum absolute atomic E-state index is 0.0125. The number of benzene rings is 1. The Kier molecular flexibility index (Phi) is 7.61. The molecule has 0 bridgehead atoms. The fourth-order valence-electron chi connectivity index (χ4n) is 2.29. The van der Waals surface area contributed by atoms with Gasteiger partial charge in [0.25, 0.3) is 0 Å². The molecular weight excluding hydrogens is 273 g/mol. The highest BCUT2D eigenvalue weighted by Crippen LogP contribution is 2.32. The van der Waals surface area contributed by atoms with Gasteiger partial charge in [-0.25, -0.2) is 4.39 Å². The van der Waals surface area contributed by atoms with E-state index in [1.54, 1.807) is 13.8 Å². The first-order valence-corrected chi connectivity index (χ1v) is 6.71. The third-order valence-corrected chi connectivity index (χ3v) is 3.09. The van der Waals surface area contributed by atoms with Crippen LogP contribution in [0.5, 0.6) is 0 Å². The Bertz CT molecular complexity index is 545. The van der Waals surface area contributed by atoms with Crippen molar-refractivity contribution in [3.8, 4) is 6.07 Å². The van der Waals surface area contributed by atoms with E-state index in [9.17, 15) is 9.18 Å². The van der Waals surface area contributed by atoms with E-state index in [0.29, 0.717) is 11.1 Å². The molecule has 0 atom stereocenters. The van der Waals surface area contributed by atoms with Crippen LogP contribution in [-0.2, 0) is 11.2 Å². The summed E-state index contributed by atoms with van der Waals surface area (Å²) in [6, 6.07) is 3.32. The molecule has 0 spiro atoms. The van der Waals surface area contributed by atoms with Crippen LogP contribution in [0.25, 0.3) is 0 Å². The molecular formula is C16H22FNO3. The fraction of sp³-hybridized carbons (Fsp3) is 0.500. The van der Waals surface area contributed by atoms with Crippen LogP contribution in [0.3, 0.4) is 0 Å². The molecule has 21 heavy (non-hydrogen) atoms. The monoisotopic (exact) mass is 295 g/mol. The van der Waals surface area contributed by atoms with Crippen LogP contribution in [0.2, 0.25) is 0 Å². The number of carboxylic acid groups (broad SMARTS) is 1. The van der Waals surface area contributed by atoms with E-state index in [0.717, 1.165) is 12.7 Å². The van der Waals surface area contributed by atoms with Crippen molar-refractivity contribution in [3.05, 3.63) is 34.1 Å². The Labute approximate surface area is 124 Å². The topological polar surface area (TPSA) is 81.3 Å². The highest BCUT2D eigenvalue weighted by Gasteiger charge is 2.23. The van der Waals surface area contributed by atoms with Gasteiger partial charge in [-0.3, -0.25) is 4.79 Å². The van der Waals surface area contributed by atoms with Crippen molar-refractivity contribution in [1.29, 1.82) is 5.26 Å². The number of aliphatic carboxylic acids is 1. The van der Waals surface area contributed by atoms with Crippen molar-refractivity contribution in [2.24, 2.45) is 0 Å². The van der Waals surface area contributed by atoms with E-state index < -0.39 is 11.8 Å². The maximum Gasteiger partial charge on any atom is 0.307 e. The van der Waals surface area contributed by atoms with Crippen molar-refractivity contribution in [1.82, 2.24) is 0 Å². The molecule has 116 valence electrons. The molecule has 2 N–H and O–H groups in total. The molecule has 0 radical (unpaired) electrons. The van der Waals surface area contributed by atoms with Gasteiger partial charge in [-0.2, -0.15) is 5.26 Å². The third-order valence-electron chi connectivity index (χ3n) is 3.09. The van der Waals surface area contributed by atoms with Crippen LogP contribution in [0.4, 0.5) is 4.39 Å². The molecule has 5 heteroatoms. The molecule has 1 aromatic rings. The summed E-state index contributed by atoms with van der Waals surface area (Å²) in [6.07, 6.45) is -0.219. The zero-order valence-corrected chi connectivity index (χ0v) is 13.1. The number of nitrogens with zero attached hydrogens (tertiary/aromatic N) is 1. The van der Waals surface area contributed by atoms with Gasteiger partial charge < -0.3 is 10.2 Å². The number of aliphatic hydroxyl groups is 1. The Morgan fingerprint density at radius 1 is 1.29 bits per heavy atom. The summed E-state index contributed by atoms with van der Waals surface area (Å²) in [6.45, 7) is 7.41. The average Bonchev–Trinajstić information content (AvgIpc) is 2.39. The van der Waals surface area contributed by atoms with Crippen molar-refractivity contribution >= 4 is 5.97 Å². The lowest BCUT2D eigenvalue weighted by Gasteiger charge is -2.20. The van der Waals surface area contributed by atoms with E-state index >= 15 is 0 Å². The second kappa shape index (κ2) is 8.38. The Morgan fingerprint density at radius 3 is 2.14 bits per heavy atom. The summed E-state index contributed by atoms with van der Waals surface area (Å²) in [4.78, 5) is 11.0. The lowest BCUT2D eigenvalue weighted by Crippen LogP contribution is -2.12. The standard InChI is InChI=1S/C15H18FNO2.CH4O/c1-8(2)11-5-10(7-17)15(16)14(9(3)4)12(11)6-13(18)19;1-2/h5,8-9H,6H2,1-4H3,(H,18,19);2H,1H3. The summed E-state index contributed by atoms with van der Waals surface area (Å²) in [5.74, 6) is -1.70. The van der Waals surface area contributed by atoms with Crippen LogP contribution in [0, 0.1) is 17.1 Å². The predicted octanol–water partition coefficient (Wildman–Crippen LogP) is 3.18. The van der Waals surface area contributed by atoms with Crippen LogP contribution >= 0.6 is 0 Å². The first kappa shape index (κ1) is 19.1. The smallest absolute Gasteiger partial charge is 0.307 e. The second-order valence-electron chi connectivity index (χ2n) is 5.21. The van der Waals surface area contributed by atoms with Crippen molar-refractivity contribution in [2.75, 3.05) is 7.11 Å². The van der Waals surface area contributed by atoms with E-state index in [4.69, 9.17) is 15.5 Å². The number of carboxylic acids is 1. The van der Waals surface area contributed by atoms with Crippen molar-refractivity contribution in [2.45, 2.75) is 46.0 Å². The first-order valence-electron chi connectivity index (χ1n) is 6.71. The van der Waals surface area contributed by atoms with Gasteiger partial charge in [0.2, 0.25) is 0 Å². The minimum Gasteiger partial charge on any atom is -0.481 e. The Hall–Kier alpha value is -1.93. The van der Waals surface area contributed by atoms with Crippen LogP contribution < -0.4 is 0 Å². The number of halogens is 1. The Balaban J connectivity index is 0.00000191. The van der Waals surface area contributed by atoms with Crippen LogP contribution in [0.1, 0.15) is 61.8 Å². The minimum atomic E-state index is -0.993. The van der Waals surface area contributed by atoms with Gasteiger partial charge in [0, 0.05) is 7.11 Å². The molecule has 4 nitrogen and oxygen atoms in total. The average molecular weight is 295 g/mol. The summed E-state index contributed by atoms with van der Waals surface area (Å²) in [5, 5.41) is 25.0. The maximum atomic E-state index is 14.3. The Morgan fingerprint density at radius 2 is 1.81 bits per heavy atom. The van der Waals surface area contributed by atoms with E-state index in [1.165, 1.54) is 6.07 Å². The molecule has 0 aliphatic heterocycles. The molecule has 0 saturated heterocycles. The van der Waals surface area contributed by atoms with Gasteiger partial charge in [-0.1, -0.05) is 27.7 Å². The van der Waals surface area contributed by atoms with Gasteiger partial charge in [-0.05, 0) is 34.6 Å². The van der Waals surface area contributed by atoms with Gasteiger partial charge in [0.15, 0.2) is 0 Å². The summed E-state index contributed by atoms with van der Waals surface area (Å²) < 4.78 is 14.3. The zero-order chi connectivity index (χ0) is 16.7. The summed E-state index contributed by atoms with van der Waals surface area (Å²) in [5.41, 5.74) is 1.59. The highest BCUT2D eigenvalue weighted by molar-refractivity contribution is 5.72. The second-order valence-corrected chi connectivity index (χ2v) is 5.21. The van der Waals surface area contributed by atoms with Crippen LogP contribution in [0.15, 0.2) is 6.07 Å². The van der Waals surface area contributed by atoms with Gasteiger partial charge >= 0.3 is 5.97 Å². The number of nitriles is 1. The first-order chi connectivity index (χ1) is 9.79. The zero-order valence-electron chi connectivity index (χ0n) is 13.1. The van der Waals surface area contributed by atoms with Gasteiger partial charge in [-0.15, -0.1) is 0 Å². The predicted molar refractivity (Wildman–Crippen MR) is 78.8 cm³/mol.